The van der Waals surface area contributed by atoms with E-state index in [1.54, 1.807) is 12.4 Å². The number of hydrogen-bond donors (Lipinski definition) is 2. The van der Waals surface area contributed by atoms with Crippen molar-refractivity contribution in [2.45, 2.75) is 42.1 Å². The molecule has 1 atom stereocenters. The number of ketones is 1. The monoisotopic (exact) mass is 504 g/mol. The molecule has 1 aliphatic heterocycles. The van der Waals surface area contributed by atoms with E-state index >= 15 is 0 Å². The second-order valence-electron chi connectivity index (χ2n) is 9.05. The van der Waals surface area contributed by atoms with E-state index < -0.39 is 0 Å². The van der Waals surface area contributed by atoms with Crippen LogP contribution < -0.4 is 16.4 Å². The smallest absolute Gasteiger partial charge is 0.202 e. The van der Waals surface area contributed by atoms with Gasteiger partial charge in [-0.3, -0.25) is 4.79 Å². The topological polar surface area (TPSA) is 111 Å². The quantitative estimate of drug-likeness (QED) is 0.514. The van der Waals surface area contributed by atoms with Gasteiger partial charge in [0.25, 0.3) is 0 Å². The van der Waals surface area contributed by atoms with Gasteiger partial charge in [-0.05, 0) is 59.9 Å². The average molecular weight is 505 g/mol. The molecule has 3 aromatic rings. The molecule has 4 N–H and O–H groups in total. The molecule has 1 spiro atoms. The van der Waals surface area contributed by atoms with Crippen molar-refractivity contribution in [3.8, 4) is 11.8 Å². The van der Waals surface area contributed by atoms with E-state index in [1.165, 1.54) is 24.2 Å². The number of hydrogen-bond acceptors (Lipinski definition) is 8. The lowest BCUT2D eigenvalue weighted by Crippen LogP contribution is -2.44. The second kappa shape index (κ2) is 9.50. The maximum Gasteiger partial charge on any atom is 0.202 e. The fraction of sp³-hybridized carbons (Fsp3) is 0.308. The van der Waals surface area contributed by atoms with E-state index in [1.807, 2.05) is 18.3 Å². The molecule has 1 fully saturated rings. The standard InChI is InChI=1S/C26H25ClN6OS/c1-16(34)2-3-17-4-5-18-13-26(24(28)19(18)12-17)7-10-33(11-8-26)21-14-32-22(15-31-21)35-20-6-9-30-25(29)23(20)27/h4-6,9,12,14-15,24H,7-8,10-11,13,28H2,1H3,(H2,29,30)/t24-/m1/s1. The number of nitrogens with zero attached hydrogens (tertiary/aromatic N) is 4. The third-order valence-electron chi connectivity index (χ3n) is 6.86. The van der Waals surface area contributed by atoms with Gasteiger partial charge in [0.15, 0.2) is 0 Å². The SMILES string of the molecule is CC(=O)C#Cc1ccc2c(c1)[C@@H](N)C1(CCN(c3cnc(Sc4ccnc(N)c4Cl)cn3)CC1)C2. The number of piperidine rings is 1. The van der Waals surface area contributed by atoms with Crippen molar-refractivity contribution < 1.29 is 4.79 Å². The Morgan fingerprint density at radius 1 is 1.20 bits per heavy atom. The van der Waals surface area contributed by atoms with E-state index in [4.69, 9.17) is 23.1 Å². The predicted octanol–water partition coefficient (Wildman–Crippen LogP) is 4.04. The highest BCUT2D eigenvalue weighted by Crippen LogP contribution is 2.51. The molecule has 2 aromatic heterocycles. The Morgan fingerprint density at radius 2 is 2.00 bits per heavy atom. The first-order valence-electron chi connectivity index (χ1n) is 11.4. The van der Waals surface area contributed by atoms with Gasteiger partial charge in [-0.25, -0.2) is 15.0 Å². The Balaban J connectivity index is 1.25. The number of rotatable bonds is 3. The molecule has 9 heteroatoms. The molecule has 7 nitrogen and oxygen atoms in total. The Hall–Kier alpha value is -3.12. The molecule has 0 amide bonds. The van der Waals surface area contributed by atoms with Crippen molar-refractivity contribution in [2.75, 3.05) is 23.7 Å². The first-order valence-corrected chi connectivity index (χ1v) is 12.6. The van der Waals surface area contributed by atoms with Crippen LogP contribution in [-0.2, 0) is 11.2 Å². The van der Waals surface area contributed by atoms with E-state index in [0.29, 0.717) is 10.8 Å². The number of anilines is 2. The van der Waals surface area contributed by atoms with Crippen LogP contribution >= 0.6 is 23.4 Å². The van der Waals surface area contributed by atoms with Gasteiger partial charge in [-0.15, -0.1) is 0 Å². The fourth-order valence-corrected chi connectivity index (χ4v) is 5.92. The van der Waals surface area contributed by atoms with Crippen molar-refractivity contribution in [3.63, 3.8) is 0 Å². The number of fused-ring (bicyclic) bond motifs is 1. The first-order chi connectivity index (χ1) is 16.8. The van der Waals surface area contributed by atoms with E-state index in [9.17, 15) is 4.79 Å². The number of halogens is 1. The van der Waals surface area contributed by atoms with Crippen LogP contribution in [-0.4, -0.2) is 33.8 Å². The molecule has 0 radical (unpaired) electrons. The average Bonchev–Trinajstić information content (AvgIpc) is 3.12. The molecular weight excluding hydrogens is 480 g/mol. The minimum atomic E-state index is -0.140. The fourth-order valence-electron chi connectivity index (χ4n) is 4.93. The minimum absolute atomic E-state index is 0.0344. The van der Waals surface area contributed by atoms with Crippen LogP contribution in [0.1, 0.15) is 42.5 Å². The minimum Gasteiger partial charge on any atom is -0.382 e. The highest BCUT2D eigenvalue weighted by molar-refractivity contribution is 7.99. The summed E-state index contributed by atoms with van der Waals surface area (Å²) < 4.78 is 0. The van der Waals surface area contributed by atoms with Gasteiger partial charge in [-0.2, -0.15) is 0 Å². The molecule has 2 aliphatic rings. The molecule has 0 unspecified atom stereocenters. The molecule has 178 valence electrons. The number of carbonyl (C=O) groups is 1. The third kappa shape index (κ3) is 4.72. The number of nitrogen functional groups attached to an aromatic ring is 1. The number of pyridine rings is 1. The van der Waals surface area contributed by atoms with Crippen LogP contribution in [0.2, 0.25) is 5.02 Å². The van der Waals surface area contributed by atoms with Gasteiger partial charge in [0.1, 0.15) is 16.7 Å². The summed E-state index contributed by atoms with van der Waals surface area (Å²) in [5.41, 5.74) is 15.9. The molecule has 0 bridgehead atoms. The van der Waals surface area contributed by atoms with Crippen LogP contribution in [0.4, 0.5) is 11.6 Å². The molecular formula is C26H25ClN6OS. The number of aromatic nitrogens is 3. The van der Waals surface area contributed by atoms with E-state index in [-0.39, 0.29) is 17.2 Å². The van der Waals surface area contributed by atoms with Crippen LogP contribution in [0.25, 0.3) is 0 Å². The van der Waals surface area contributed by atoms with Gasteiger partial charge >= 0.3 is 0 Å². The number of carbonyl (C=O) groups excluding carboxylic acids is 1. The van der Waals surface area contributed by atoms with Crippen LogP contribution in [0.15, 0.2) is 52.8 Å². The number of nitrogens with two attached hydrogens (primary N) is 2. The van der Waals surface area contributed by atoms with Crippen LogP contribution in [0, 0.1) is 17.3 Å². The summed E-state index contributed by atoms with van der Waals surface area (Å²) in [5.74, 6) is 6.58. The summed E-state index contributed by atoms with van der Waals surface area (Å²) in [5, 5.41) is 1.17. The highest BCUT2D eigenvalue weighted by atomic mass is 35.5. The van der Waals surface area contributed by atoms with E-state index in [2.05, 4.69) is 43.8 Å². The summed E-state index contributed by atoms with van der Waals surface area (Å²) in [6.45, 7) is 3.21. The Bertz CT molecular complexity index is 1340. The summed E-state index contributed by atoms with van der Waals surface area (Å²) in [6.07, 6.45) is 8.11. The Labute approximate surface area is 213 Å². The second-order valence-corrected chi connectivity index (χ2v) is 10.5. The van der Waals surface area contributed by atoms with Crippen LogP contribution in [0.5, 0.6) is 0 Å². The van der Waals surface area contributed by atoms with Crippen molar-refractivity contribution in [3.05, 3.63) is 64.6 Å². The number of benzene rings is 1. The molecule has 1 saturated heterocycles. The Morgan fingerprint density at radius 3 is 2.71 bits per heavy atom. The van der Waals surface area contributed by atoms with E-state index in [0.717, 1.165) is 59.2 Å². The van der Waals surface area contributed by atoms with Gasteiger partial charge in [0.05, 0.1) is 17.4 Å². The maximum absolute atomic E-state index is 11.2. The van der Waals surface area contributed by atoms with Crippen molar-refractivity contribution in [1.82, 2.24) is 15.0 Å². The Kier molecular flexibility index (Phi) is 6.41. The maximum atomic E-state index is 11.2. The van der Waals surface area contributed by atoms with Gasteiger partial charge in [0.2, 0.25) is 5.78 Å². The van der Waals surface area contributed by atoms with Crippen molar-refractivity contribution in [2.24, 2.45) is 11.1 Å². The lowest BCUT2D eigenvalue weighted by molar-refractivity contribution is -0.111. The summed E-state index contributed by atoms with van der Waals surface area (Å²) >= 11 is 7.65. The third-order valence-corrected chi connectivity index (χ3v) is 8.35. The molecule has 0 saturated carbocycles. The van der Waals surface area contributed by atoms with Gasteiger partial charge in [0, 0.05) is 42.7 Å². The number of Topliss-reactive ketones (excluding diaryl/α,β-unsaturated/α-hetero) is 1. The predicted molar refractivity (Wildman–Crippen MR) is 138 cm³/mol. The summed E-state index contributed by atoms with van der Waals surface area (Å²) in [6, 6.07) is 7.93. The largest absolute Gasteiger partial charge is 0.382 e. The summed E-state index contributed by atoms with van der Waals surface area (Å²) in [7, 11) is 0. The lowest BCUT2D eigenvalue weighted by atomic mass is 9.73. The van der Waals surface area contributed by atoms with Crippen molar-refractivity contribution in [1.29, 1.82) is 0 Å². The first kappa shape index (κ1) is 23.6. The molecule has 5 rings (SSSR count). The zero-order valence-corrected chi connectivity index (χ0v) is 20.9. The zero-order valence-electron chi connectivity index (χ0n) is 19.3. The lowest BCUT2D eigenvalue weighted by Gasteiger charge is -2.42. The molecule has 3 heterocycles. The van der Waals surface area contributed by atoms with Gasteiger partial charge < -0.3 is 16.4 Å². The highest BCUT2D eigenvalue weighted by Gasteiger charge is 2.46. The van der Waals surface area contributed by atoms with Crippen LogP contribution in [0.3, 0.4) is 0 Å². The summed E-state index contributed by atoms with van der Waals surface area (Å²) in [4.78, 5) is 27.5. The normalized spacial score (nSPS) is 18.1. The van der Waals surface area contributed by atoms with Crippen molar-refractivity contribution >= 4 is 40.8 Å². The zero-order chi connectivity index (χ0) is 24.6. The molecule has 35 heavy (non-hydrogen) atoms. The molecule has 1 aromatic carbocycles. The van der Waals surface area contributed by atoms with Gasteiger partial charge in [-0.1, -0.05) is 35.3 Å². The molecule has 1 aliphatic carbocycles.